The van der Waals surface area contributed by atoms with E-state index in [2.05, 4.69) is 24.1 Å². The highest BCUT2D eigenvalue weighted by molar-refractivity contribution is 7.90. The first-order valence-corrected chi connectivity index (χ1v) is 11.4. The molecule has 0 unspecified atom stereocenters. The molecule has 1 aromatic carbocycles. The first-order valence-electron chi connectivity index (χ1n) is 9.33. The molecule has 0 saturated heterocycles. The van der Waals surface area contributed by atoms with Crippen molar-refractivity contribution in [3.63, 3.8) is 0 Å². The van der Waals surface area contributed by atoms with Crippen molar-refractivity contribution in [3.8, 4) is 0 Å². The fourth-order valence-electron chi connectivity index (χ4n) is 3.28. The van der Waals surface area contributed by atoms with E-state index < -0.39 is 15.9 Å². The minimum Gasteiger partial charge on any atom is -0.353 e. The quantitative estimate of drug-likeness (QED) is 0.636. The first-order chi connectivity index (χ1) is 12.8. The maximum Gasteiger partial charge on any atom is 0.255 e. The lowest BCUT2D eigenvalue weighted by Crippen LogP contribution is -2.49. The van der Waals surface area contributed by atoms with E-state index in [4.69, 9.17) is 0 Å². The van der Waals surface area contributed by atoms with Gasteiger partial charge in [-0.25, -0.2) is 8.42 Å². The minimum atomic E-state index is -3.24. The monoisotopic (exact) mass is 395 g/mol. The van der Waals surface area contributed by atoms with Gasteiger partial charge < -0.3 is 15.1 Å². The summed E-state index contributed by atoms with van der Waals surface area (Å²) in [6, 6.07) is 6.44. The Kier molecular flexibility index (Phi) is 7.38. The molecule has 1 aliphatic heterocycles. The van der Waals surface area contributed by atoms with Crippen LogP contribution in [0.3, 0.4) is 0 Å². The zero-order valence-corrected chi connectivity index (χ0v) is 17.1. The number of carbonyl (C=O) groups is 2. The summed E-state index contributed by atoms with van der Waals surface area (Å²) >= 11 is 0. The number of nitrogens with one attached hydrogen (secondary N) is 1. The highest BCUT2D eigenvalue weighted by atomic mass is 32.2. The number of rotatable bonds is 10. The molecule has 8 heteroatoms. The van der Waals surface area contributed by atoms with Crippen LogP contribution in [0.5, 0.6) is 0 Å². The molecule has 1 heterocycles. The number of benzene rings is 1. The van der Waals surface area contributed by atoms with Gasteiger partial charge in [0.25, 0.3) is 5.91 Å². The summed E-state index contributed by atoms with van der Waals surface area (Å²) in [7, 11) is -3.24. The average Bonchev–Trinajstić information content (AvgIpc) is 2.95. The van der Waals surface area contributed by atoms with Crippen molar-refractivity contribution in [1.82, 2.24) is 15.1 Å². The second-order valence-corrected chi connectivity index (χ2v) is 9.10. The Morgan fingerprint density at radius 3 is 2.52 bits per heavy atom. The smallest absolute Gasteiger partial charge is 0.255 e. The lowest BCUT2D eigenvalue weighted by Gasteiger charge is -2.27. The molecule has 2 rings (SSSR count). The summed E-state index contributed by atoms with van der Waals surface area (Å²) in [5.41, 5.74) is 1.44. The number of hydrogen-bond donors (Lipinski definition) is 1. The number of amides is 2. The largest absolute Gasteiger partial charge is 0.353 e. The maximum atomic E-state index is 12.8. The molecular weight excluding hydrogens is 366 g/mol. The van der Waals surface area contributed by atoms with Crippen molar-refractivity contribution in [1.29, 1.82) is 0 Å². The van der Waals surface area contributed by atoms with E-state index in [1.54, 1.807) is 12.1 Å². The van der Waals surface area contributed by atoms with E-state index >= 15 is 0 Å². The molecule has 1 aromatic rings. The topological polar surface area (TPSA) is 86.8 Å². The molecule has 0 fully saturated rings. The van der Waals surface area contributed by atoms with E-state index in [0.717, 1.165) is 24.9 Å². The second kappa shape index (κ2) is 9.32. The molecule has 0 spiro atoms. The Morgan fingerprint density at radius 2 is 1.93 bits per heavy atom. The van der Waals surface area contributed by atoms with Gasteiger partial charge in [-0.3, -0.25) is 9.59 Å². The van der Waals surface area contributed by atoms with Crippen molar-refractivity contribution in [2.45, 2.75) is 32.9 Å². The van der Waals surface area contributed by atoms with Crippen LogP contribution in [0.2, 0.25) is 0 Å². The molecule has 150 valence electrons. The van der Waals surface area contributed by atoms with Crippen LogP contribution in [0.15, 0.2) is 24.3 Å². The van der Waals surface area contributed by atoms with Gasteiger partial charge >= 0.3 is 0 Å². The molecule has 27 heavy (non-hydrogen) atoms. The van der Waals surface area contributed by atoms with E-state index in [1.165, 1.54) is 4.90 Å². The van der Waals surface area contributed by atoms with Crippen molar-refractivity contribution in [2.75, 3.05) is 38.2 Å². The van der Waals surface area contributed by atoms with Crippen molar-refractivity contribution in [2.24, 2.45) is 0 Å². The Hall–Kier alpha value is -1.93. The van der Waals surface area contributed by atoms with E-state index in [0.29, 0.717) is 25.2 Å². The molecule has 0 bridgehead atoms. The van der Waals surface area contributed by atoms with Crippen molar-refractivity contribution >= 4 is 21.7 Å². The Labute approximate surface area is 161 Å². The predicted octanol–water partition coefficient (Wildman–Crippen LogP) is 0.904. The maximum absolute atomic E-state index is 12.8. The van der Waals surface area contributed by atoms with Gasteiger partial charge in [-0.15, -0.1) is 0 Å². The molecular formula is C19H29N3O4S. The summed E-state index contributed by atoms with van der Waals surface area (Å²) < 4.78 is 23.2. The van der Waals surface area contributed by atoms with Gasteiger partial charge in [-0.2, -0.15) is 0 Å². The van der Waals surface area contributed by atoms with Gasteiger partial charge in [0.2, 0.25) is 5.91 Å². The number of hydrogen-bond acceptors (Lipinski definition) is 5. The number of sulfone groups is 1. The normalized spacial score (nSPS) is 15.1. The van der Waals surface area contributed by atoms with Gasteiger partial charge in [0.1, 0.15) is 15.9 Å². The molecule has 0 aliphatic carbocycles. The third kappa shape index (κ3) is 5.77. The van der Waals surface area contributed by atoms with Crippen LogP contribution in [0.4, 0.5) is 0 Å². The zero-order chi connectivity index (χ0) is 20.0. The number of nitrogens with zero attached hydrogens (tertiary/aromatic N) is 2. The van der Waals surface area contributed by atoms with Crippen LogP contribution in [0, 0.1) is 0 Å². The number of likely N-dealkylation sites (N-methyl/N-ethyl adjacent to an activating group) is 1. The average molecular weight is 396 g/mol. The highest BCUT2D eigenvalue weighted by Crippen LogP contribution is 2.25. The minimum absolute atomic E-state index is 0.0929. The summed E-state index contributed by atoms with van der Waals surface area (Å²) in [4.78, 5) is 29.2. The Bertz CT molecular complexity index is 775. The Morgan fingerprint density at radius 1 is 1.26 bits per heavy atom. The lowest BCUT2D eigenvalue weighted by atomic mass is 10.1. The van der Waals surface area contributed by atoms with Crippen LogP contribution in [0.25, 0.3) is 0 Å². The van der Waals surface area contributed by atoms with E-state index in [-0.39, 0.29) is 24.0 Å². The highest BCUT2D eigenvalue weighted by Gasteiger charge is 2.36. The summed E-state index contributed by atoms with van der Waals surface area (Å²) in [6.45, 7) is 7.40. The van der Waals surface area contributed by atoms with Crippen LogP contribution in [0.1, 0.15) is 36.2 Å². The van der Waals surface area contributed by atoms with Crippen LogP contribution in [-0.4, -0.2) is 74.3 Å². The fraction of sp³-hybridized carbons (Fsp3) is 0.579. The predicted molar refractivity (Wildman–Crippen MR) is 105 cm³/mol. The second-order valence-electron chi connectivity index (χ2n) is 6.84. The molecule has 0 radical (unpaired) electrons. The summed E-state index contributed by atoms with van der Waals surface area (Å²) in [6.07, 6.45) is 1.23. The third-order valence-electron chi connectivity index (χ3n) is 4.91. The van der Waals surface area contributed by atoms with Crippen LogP contribution >= 0.6 is 0 Å². The lowest BCUT2D eigenvalue weighted by molar-refractivity contribution is -0.125. The zero-order valence-electron chi connectivity index (χ0n) is 16.3. The summed E-state index contributed by atoms with van der Waals surface area (Å²) in [5.74, 6) is -0.656. The molecule has 1 N–H and O–H groups in total. The third-order valence-corrected chi connectivity index (χ3v) is 5.89. The molecule has 7 nitrogen and oxygen atoms in total. The van der Waals surface area contributed by atoms with Gasteiger partial charge in [-0.05, 0) is 31.1 Å². The first kappa shape index (κ1) is 21.4. The van der Waals surface area contributed by atoms with Gasteiger partial charge in [0, 0.05) is 31.5 Å². The van der Waals surface area contributed by atoms with Crippen molar-refractivity contribution in [3.05, 3.63) is 35.4 Å². The van der Waals surface area contributed by atoms with E-state index in [9.17, 15) is 18.0 Å². The molecule has 2 amide bonds. The van der Waals surface area contributed by atoms with Crippen LogP contribution < -0.4 is 5.32 Å². The summed E-state index contributed by atoms with van der Waals surface area (Å²) in [5, 5.41) is 2.87. The van der Waals surface area contributed by atoms with Crippen molar-refractivity contribution < 1.29 is 18.0 Å². The number of fused-ring (bicyclic) bond motifs is 1. The van der Waals surface area contributed by atoms with Crippen LogP contribution in [-0.2, 0) is 21.2 Å². The SMILES string of the molecule is CCN(CC)CCNC(=O)[C@H](CCS(C)(=O)=O)N1Cc2ccccc2C1=O. The van der Waals surface area contributed by atoms with Gasteiger partial charge in [-0.1, -0.05) is 32.0 Å². The molecule has 1 atom stereocenters. The van der Waals surface area contributed by atoms with Gasteiger partial charge in [0.05, 0.1) is 5.75 Å². The Balaban J connectivity index is 2.10. The number of carbonyl (C=O) groups excluding carboxylic acids is 2. The fourth-order valence-corrected chi connectivity index (χ4v) is 3.93. The standard InChI is InChI=1S/C19H29N3O4S/c1-4-21(5-2)12-11-20-18(23)17(10-13-27(3,25)26)22-14-15-8-6-7-9-16(15)19(22)24/h6-9,17H,4-5,10-14H2,1-3H3,(H,20,23)/t17-/m0/s1. The molecule has 0 aromatic heterocycles. The molecule has 1 aliphatic rings. The molecule has 0 saturated carbocycles. The van der Waals surface area contributed by atoms with E-state index in [1.807, 2.05) is 12.1 Å². The van der Waals surface area contributed by atoms with Gasteiger partial charge in [0.15, 0.2) is 0 Å².